The molecule has 13 heavy (non-hydrogen) atoms. The first-order chi connectivity index (χ1) is 6.20. The Morgan fingerprint density at radius 3 is 2.85 bits per heavy atom. The van der Waals surface area contributed by atoms with E-state index < -0.39 is 0 Å². The number of thiophene rings is 1. The van der Waals surface area contributed by atoms with Crippen molar-refractivity contribution in [1.82, 2.24) is 0 Å². The van der Waals surface area contributed by atoms with E-state index in [1.807, 2.05) is 12.1 Å². The maximum atomic E-state index is 10.7. The van der Waals surface area contributed by atoms with Gasteiger partial charge >= 0.3 is 0 Å². The Labute approximate surface area is 87.5 Å². The van der Waals surface area contributed by atoms with Crippen molar-refractivity contribution >= 4 is 49.3 Å². The van der Waals surface area contributed by atoms with Gasteiger partial charge in [0.2, 0.25) is 0 Å². The van der Waals surface area contributed by atoms with Crippen LogP contribution in [0, 0.1) is 0 Å². The molecule has 2 N–H and O–H groups in total. The molecule has 0 fully saturated rings. The topological polar surface area (TPSA) is 43.1 Å². The molecule has 1 aromatic heterocycles. The van der Waals surface area contributed by atoms with E-state index >= 15 is 0 Å². The summed E-state index contributed by atoms with van der Waals surface area (Å²) in [4.78, 5) is 10.7. The number of rotatable bonds is 1. The molecule has 2 nitrogen and oxygen atoms in total. The Hall–Kier alpha value is -0.870. The van der Waals surface area contributed by atoms with Gasteiger partial charge in [0.15, 0.2) is 6.29 Å². The zero-order chi connectivity index (χ0) is 9.42. The van der Waals surface area contributed by atoms with Crippen molar-refractivity contribution in [2.24, 2.45) is 0 Å². The van der Waals surface area contributed by atoms with E-state index in [1.54, 1.807) is 17.4 Å². The second-order valence-electron chi connectivity index (χ2n) is 2.69. The molecule has 0 atom stereocenters. The number of anilines is 1. The molecule has 0 saturated carbocycles. The molecule has 1 aromatic carbocycles. The first kappa shape index (κ1) is 8.72. The van der Waals surface area contributed by atoms with E-state index in [4.69, 9.17) is 5.73 Å². The molecule has 0 amide bonds. The fraction of sp³-hybridized carbons (Fsp3) is 0. The number of nitrogen functional groups attached to an aromatic ring is 1. The van der Waals surface area contributed by atoms with Crippen molar-refractivity contribution in [2.75, 3.05) is 5.73 Å². The maximum absolute atomic E-state index is 10.7. The number of aldehydes is 1. The number of carbonyl (C=O) groups excluding carboxylic acids is 1. The Morgan fingerprint density at radius 2 is 2.15 bits per heavy atom. The van der Waals surface area contributed by atoms with Crippen molar-refractivity contribution in [2.45, 2.75) is 0 Å². The number of carbonyl (C=O) groups is 1. The standard InChI is InChI=1S/C9H6BrNOS/c10-9-3-7-5(4-12)1-6(11)2-8(7)13-9/h1-4H,11H2. The molecule has 0 unspecified atom stereocenters. The summed E-state index contributed by atoms with van der Waals surface area (Å²) in [6.07, 6.45) is 0.831. The number of hydrogen-bond acceptors (Lipinski definition) is 3. The molecule has 0 aliphatic carbocycles. The molecular weight excluding hydrogens is 250 g/mol. The highest BCUT2D eigenvalue weighted by molar-refractivity contribution is 9.11. The van der Waals surface area contributed by atoms with Crippen LogP contribution in [0.4, 0.5) is 5.69 Å². The maximum Gasteiger partial charge on any atom is 0.150 e. The summed E-state index contributed by atoms with van der Waals surface area (Å²) in [5.41, 5.74) is 6.92. The van der Waals surface area contributed by atoms with Crippen LogP contribution in [0.2, 0.25) is 0 Å². The van der Waals surface area contributed by atoms with Gasteiger partial charge in [-0.05, 0) is 34.1 Å². The van der Waals surface area contributed by atoms with Crippen molar-refractivity contribution in [1.29, 1.82) is 0 Å². The molecule has 2 rings (SSSR count). The molecule has 0 bridgehead atoms. The summed E-state index contributed by atoms with van der Waals surface area (Å²) in [5, 5.41) is 0.959. The molecule has 1 heterocycles. The number of halogens is 1. The van der Waals surface area contributed by atoms with Crippen LogP contribution in [0.5, 0.6) is 0 Å². The molecule has 2 aromatic rings. The molecule has 0 saturated heterocycles. The summed E-state index contributed by atoms with van der Waals surface area (Å²) in [6, 6.07) is 5.50. The highest BCUT2D eigenvalue weighted by atomic mass is 79.9. The average Bonchev–Trinajstić information content (AvgIpc) is 2.43. The third kappa shape index (κ3) is 1.47. The van der Waals surface area contributed by atoms with Crippen molar-refractivity contribution in [3.63, 3.8) is 0 Å². The predicted molar refractivity (Wildman–Crippen MR) is 59.3 cm³/mol. The van der Waals surface area contributed by atoms with Gasteiger partial charge in [0.25, 0.3) is 0 Å². The van der Waals surface area contributed by atoms with Gasteiger partial charge in [0.05, 0.1) is 3.79 Å². The molecular formula is C9H6BrNOS. The lowest BCUT2D eigenvalue weighted by atomic mass is 10.1. The lowest BCUT2D eigenvalue weighted by molar-refractivity contribution is 0.112. The van der Waals surface area contributed by atoms with E-state index in [0.717, 1.165) is 20.2 Å². The minimum atomic E-state index is 0.629. The van der Waals surface area contributed by atoms with Gasteiger partial charge in [-0.3, -0.25) is 4.79 Å². The van der Waals surface area contributed by atoms with Crippen molar-refractivity contribution in [3.05, 3.63) is 27.5 Å². The fourth-order valence-corrected chi connectivity index (χ4v) is 2.88. The quantitative estimate of drug-likeness (QED) is 0.629. The van der Waals surface area contributed by atoms with Gasteiger partial charge in [0.1, 0.15) is 0 Å². The number of hydrogen-bond donors (Lipinski definition) is 1. The molecule has 66 valence electrons. The second-order valence-corrected chi connectivity index (χ2v) is 5.15. The molecule has 0 radical (unpaired) electrons. The number of benzene rings is 1. The Kier molecular flexibility index (Phi) is 2.09. The SMILES string of the molecule is Nc1cc(C=O)c2cc(Br)sc2c1. The minimum absolute atomic E-state index is 0.629. The summed E-state index contributed by atoms with van der Waals surface area (Å²) in [5.74, 6) is 0. The molecule has 0 aliphatic heterocycles. The van der Waals surface area contributed by atoms with Gasteiger partial charge in [-0.25, -0.2) is 0 Å². The van der Waals surface area contributed by atoms with Crippen molar-refractivity contribution < 1.29 is 4.79 Å². The Morgan fingerprint density at radius 1 is 1.38 bits per heavy atom. The van der Waals surface area contributed by atoms with Gasteiger partial charge in [-0.1, -0.05) is 0 Å². The van der Waals surface area contributed by atoms with Crippen LogP contribution in [-0.2, 0) is 0 Å². The Bertz CT molecular complexity index is 478. The van der Waals surface area contributed by atoms with E-state index in [0.29, 0.717) is 11.3 Å². The van der Waals surface area contributed by atoms with Crippen LogP contribution < -0.4 is 5.73 Å². The van der Waals surface area contributed by atoms with E-state index in [-0.39, 0.29) is 0 Å². The van der Waals surface area contributed by atoms with Crippen LogP contribution >= 0.6 is 27.3 Å². The normalized spacial score (nSPS) is 10.5. The predicted octanol–water partition coefficient (Wildman–Crippen LogP) is 3.06. The van der Waals surface area contributed by atoms with E-state index in [2.05, 4.69) is 15.9 Å². The van der Waals surface area contributed by atoms with E-state index in [1.165, 1.54) is 0 Å². The van der Waals surface area contributed by atoms with Crippen LogP contribution in [0.15, 0.2) is 22.0 Å². The largest absolute Gasteiger partial charge is 0.399 e. The second kappa shape index (κ2) is 3.12. The highest BCUT2D eigenvalue weighted by Gasteiger charge is 2.05. The molecule has 0 spiro atoms. The smallest absolute Gasteiger partial charge is 0.150 e. The number of fused-ring (bicyclic) bond motifs is 1. The van der Waals surface area contributed by atoms with Gasteiger partial charge in [-0.2, -0.15) is 0 Å². The summed E-state index contributed by atoms with van der Waals surface area (Å²) in [7, 11) is 0. The summed E-state index contributed by atoms with van der Waals surface area (Å²) < 4.78 is 2.05. The van der Waals surface area contributed by atoms with Crippen LogP contribution in [0.25, 0.3) is 10.1 Å². The van der Waals surface area contributed by atoms with E-state index in [9.17, 15) is 4.79 Å². The van der Waals surface area contributed by atoms with Crippen molar-refractivity contribution in [3.8, 4) is 0 Å². The third-order valence-corrected chi connectivity index (χ3v) is 3.37. The third-order valence-electron chi connectivity index (χ3n) is 1.79. The zero-order valence-corrected chi connectivity index (χ0v) is 8.98. The minimum Gasteiger partial charge on any atom is -0.399 e. The average molecular weight is 256 g/mol. The fourth-order valence-electron chi connectivity index (χ4n) is 1.25. The lowest BCUT2D eigenvalue weighted by Crippen LogP contribution is -1.87. The van der Waals surface area contributed by atoms with Gasteiger partial charge in [0, 0.05) is 21.3 Å². The zero-order valence-electron chi connectivity index (χ0n) is 6.58. The van der Waals surface area contributed by atoms with Crippen LogP contribution in [0.1, 0.15) is 10.4 Å². The van der Waals surface area contributed by atoms with Gasteiger partial charge < -0.3 is 5.73 Å². The Balaban J connectivity index is 2.88. The number of nitrogens with two attached hydrogens (primary N) is 1. The summed E-state index contributed by atoms with van der Waals surface area (Å²) in [6.45, 7) is 0. The first-order valence-electron chi connectivity index (χ1n) is 3.64. The van der Waals surface area contributed by atoms with Crippen LogP contribution in [0.3, 0.4) is 0 Å². The summed E-state index contributed by atoms with van der Waals surface area (Å²) >= 11 is 4.95. The van der Waals surface area contributed by atoms with Crippen LogP contribution in [-0.4, -0.2) is 6.29 Å². The molecule has 4 heteroatoms. The monoisotopic (exact) mass is 255 g/mol. The van der Waals surface area contributed by atoms with Gasteiger partial charge in [-0.15, -0.1) is 11.3 Å². The first-order valence-corrected chi connectivity index (χ1v) is 5.25. The lowest BCUT2D eigenvalue weighted by Gasteiger charge is -1.96. The molecule has 0 aliphatic rings. The highest BCUT2D eigenvalue weighted by Crippen LogP contribution is 2.32.